The van der Waals surface area contributed by atoms with Crippen molar-refractivity contribution < 1.29 is 17.9 Å². The molecule has 15 heavy (non-hydrogen) atoms. The average Bonchev–Trinajstić information content (AvgIpc) is 2.14. The van der Waals surface area contributed by atoms with Crippen LogP contribution in [0.4, 0.5) is 0 Å². The fraction of sp³-hybridized carbons (Fsp3) is 0.250. The molecule has 1 rings (SSSR count). The van der Waals surface area contributed by atoms with E-state index in [-0.39, 0.29) is 15.7 Å². The Morgan fingerprint density at radius 3 is 2.53 bits per heavy atom. The van der Waals surface area contributed by atoms with Gasteiger partial charge in [-0.3, -0.25) is 0 Å². The molecular formula is C8H8ClNO4S. The number of nitrogens with zero attached hydrogens (tertiary/aromatic N) is 1. The minimum atomic E-state index is -3.53. The van der Waals surface area contributed by atoms with Gasteiger partial charge in [-0.15, -0.1) is 0 Å². The molecule has 0 radical (unpaired) electrons. The molecule has 0 fully saturated rings. The largest absolute Gasteiger partial charge is 0.464 e. The highest BCUT2D eigenvalue weighted by atomic mass is 35.5. The second kappa shape index (κ2) is 4.16. The maximum Gasteiger partial charge on any atom is 0.358 e. The summed E-state index contributed by atoms with van der Waals surface area (Å²) in [4.78, 5) is 14.7. The molecule has 0 atom stereocenters. The normalized spacial score (nSPS) is 11.1. The first-order valence-electron chi connectivity index (χ1n) is 3.81. The van der Waals surface area contributed by atoms with Gasteiger partial charge in [-0.25, -0.2) is 18.2 Å². The van der Waals surface area contributed by atoms with Crippen LogP contribution in [0.1, 0.15) is 10.5 Å². The summed E-state index contributed by atoms with van der Waals surface area (Å²) in [6.45, 7) is 0. The number of carbonyl (C=O) groups is 1. The van der Waals surface area contributed by atoms with E-state index in [1.807, 2.05) is 0 Å². The molecule has 0 aliphatic rings. The van der Waals surface area contributed by atoms with Crippen molar-refractivity contribution in [1.82, 2.24) is 4.98 Å². The van der Waals surface area contributed by atoms with E-state index in [1.54, 1.807) is 0 Å². The molecule has 0 N–H and O–H groups in total. The SMILES string of the molecule is COC(=O)c1nc(Cl)ccc1S(C)(=O)=O. The lowest BCUT2D eigenvalue weighted by molar-refractivity contribution is 0.0589. The van der Waals surface area contributed by atoms with Crippen molar-refractivity contribution in [2.24, 2.45) is 0 Å². The Morgan fingerprint density at radius 1 is 1.47 bits per heavy atom. The van der Waals surface area contributed by atoms with Crippen LogP contribution in [0, 0.1) is 0 Å². The van der Waals surface area contributed by atoms with E-state index in [1.165, 1.54) is 12.1 Å². The second-order valence-electron chi connectivity index (χ2n) is 2.74. The molecule has 0 amide bonds. The topological polar surface area (TPSA) is 73.3 Å². The van der Waals surface area contributed by atoms with Gasteiger partial charge in [-0.1, -0.05) is 11.6 Å². The highest BCUT2D eigenvalue weighted by Crippen LogP contribution is 2.17. The highest BCUT2D eigenvalue weighted by Gasteiger charge is 2.21. The minimum absolute atomic E-state index is 0.0304. The van der Waals surface area contributed by atoms with Crippen molar-refractivity contribution in [3.8, 4) is 0 Å². The number of rotatable bonds is 2. The van der Waals surface area contributed by atoms with Gasteiger partial charge in [0.25, 0.3) is 0 Å². The molecule has 0 saturated carbocycles. The van der Waals surface area contributed by atoms with Gasteiger partial charge in [0.1, 0.15) is 5.15 Å². The Bertz CT molecular complexity index is 497. The molecule has 1 heterocycles. The Balaban J connectivity index is 3.47. The molecule has 0 spiro atoms. The number of esters is 1. The van der Waals surface area contributed by atoms with Gasteiger partial charge < -0.3 is 4.74 Å². The molecule has 5 nitrogen and oxygen atoms in total. The first-order chi connectivity index (χ1) is 6.86. The molecule has 0 bridgehead atoms. The molecule has 0 aliphatic heterocycles. The second-order valence-corrected chi connectivity index (χ2v) is 5.12. The number of methoxy groups -OCH3 is 1. The van der Waals surface area contributed by atoms with E-state index in [4.69, 9.17) is 11.6 Å². The van der Waals surface area contributed by atoms with Crippen LogP contribution in [0.25, 0.3) is 0 Å². The minimum Gasteiger partial charge on any atom is -0.464 e. The van der Waals surface area contributed by atoms with Gasteiger partial charge in [-0.05, 0) is 12.1 Å². The van der Waals surface area contributed by atoms with Gasteiger partial charge in [0.2, 0.25) is 0 Å². The molecular weight excluding hydrogens is 242 g/mol. The lowest BCUT2D eigenvalue weighted by Crippen LogP contribution is -2.12. The number of ether oxygens (including phenoxy) is 1. The first-order valence-corrected chi connectivity index (χ1v) is 6.08. The maximum absolute atomic E-state index is 11.3. The summed E-state index contributed by atoms with van der Waals surface area (Å²) >= 11 is 5.55. The van der Waals surface area contributed by atoms with Crippen LogP contribution in [0.3, 0.4) is 0 Å². The third kappa shape index (κ3) is 2.66. The summed E-state index contributed by atoms with van der Waals surface area (Å²) < 4.78 is 27.0. The maximum atomic E-state index is 11.3. The quantitative estimate of drug-likeness (QED) is 0.576. The lowest BCUT2D eigenvalue weighted by atomic mass is 10.3. The fourth-order valence-electron chi connectivity index (χ4n) is 0.965. The van der Waals surface area contributed by atoms with Crippen LogP contribution in [0.2, 0.25) is 5.15 Å². The summed E-state index contributed by atoms with van der Waals surface area (Å²) in [6, 6.07) is 2.52. The van der Waals surface area contributed by atoms with Crippen LogP contribution in [0.5, 0.6) is 0 Å². The van der Waals surface area contributed by atoms with E-state index in [9.17, 15) is 13.2 Å². The molecule has 82 valence electrons. The zero-order chi connectivity index (χ0) is 11.6. The van der Waals surface area contributed by atoms with E-state index >= 15 is 0 Å². The smallest absolute Gasteiger partial charge is 0.358 e. The van der Waals surface area contributed by atoms with E-state index in [0.29, 0.717) is 0 Å². The van der Waals surface area contributed by atoms with Gasteiger partial charge >= 0.3 is 5.97 Å². The van der Waals surface area contributed by atoms with Crippen molar-refractivity contribution in [3.63, 3.8) is 0 Å². The predicted octanol–water partition coefficient (Wildman–Crippen LogP) is 0.925. The Morgan fingerprint density at radius 2 is 2.07 bits per heavy atom. The summed E-state index contributed by atoms with van der Waals surface area (Å²) in [7, 11) is -2.39. The zero-order valence-corrected chi connectivity index (χ0v) is 9.59. The van der Waals surface area contributed by atoms with Crippen molar-refractivity contribution in [1.29, 1.82) is 0 Å². The van der Waals surface area contributed by atoms with Crippen molar-refractivity contribution in [2.75, 3.05) is 13.4 Å². The summed E-state index contributed by atoms with van der Waals surface area (Å²) in [5, 5.41) is 0.0304. The highest BCUT2D eigenvalue weighted by molar-refractivity contribution is 7.90. The number of aromatic nitrogens is 1. The molecule has 7 heteroatoms. The van der Waals surface area contributed by atoms with Crippen LogP contribution < -0.4 is 0 Å². The van der Waals surface area contributed by atoms with Crippen molar-refractivity contribution in [2.45, 2.75) is 4.90 Å². The molecule has 0 saturated heterocycles. The lowest BCUT2D eigenvalue weighted by Gasteiger charge is -2.04. The van der Waals surface area contributed by atoms with Gasteiger partial charge in [0.05, 0.1) is 12.0 Å². The summed E-state index contributed by atoms with van der Waals surface area (Å²) in [5.41, 5.74) is -0.299. The average molecular weight is 250 g/mol. The standard InChI is InChI=1S/C8H8ClNO4S/c1-14-8(11)7-5(15(2,12)13)3-4-6(9)10-7/h3-4H,1-2H3. The third-order valence-corrected chi connectivity index (χ3v) is 2.94. The third-order valence-electron chi connectivity index (χ3n) is 1.60. The van der Waals surface area contributed by atoms with Crippen molar-refractivity contribution >= 4 is 27.4 Å². The number of hydrogen-bond acceptors (Lipinski definition) is 5. The Labute approximate surface area is 91.9 Å². The van der Waals surface area contributed by atoms with Crippen molar-refractivity contribution in [3.05, 3.63) is 23.0 Å². The van der Waals surface area contributed by atoms with Crippen LogP contribution >= 0.6 is 11.6 Å². The molecule has 0 aromatic carbocycles. The van der Waals surface area contributed by atoms with Crippen LogP contribution in [-0.4, -0.2) is 32.7 Å². The monoisotopic (exact) mass is 249 g/mol. The van der Waals surface area contributed by atoms with E-state index < -0.39 is 15.8 Å². The number of sulfone groups is 1. The number of pyridine rings is 1. The number of halogens is 1. The predicted molar refractivity (Wildman–Crippen MR) is 53.7 cm³/mol. The number of hydrogen-bond donors (Lipinski definition) is 0. The van der Waals surface area contributed by atoms with Gasteiger partial charge in [0.15, 0.2) is 15.5 Å². The van der Waals surface area contributed by atoms with Crippen LogP contribution in [0.15, 0.2) is 17.0 Å². The molecule has 1 aromatic heterocycles. The summed E-state index contributed by atoms with van der Waals surface area (Å²) in [5.74, 6) is -0.835. The Kier molecular flexibility index (Phi) is 3.31. The summed E-state index contributed by atoms with van der Waals surface area (Å²) in [6.07, 6.45) is 0.977. The molecule has 1 aromatic rings. The molecule has 0 aliphatic carbocycles. The zero-order valence-electron chi connectivity index (χ0n) is 8.02. The Hall–Kier alpha value is -1.14. The van der Waals surface area contributed by atoms with Crippen LogP contribution in [-0.2, 0) is 14.6 Å². The fourth-order valence-corrected chi connectivity index (χ4v) is 1.91. The molecule has 0 unspecified atom stereocenters. The van der Waals surface area contributed by atoms with Gasteiger partial charge in [0, 0.05) is 6.26 Å². The van der Waals surface area contributed by atoms with Gasteiger partial charge in [-0.2, -0.15) is 0 Å². The van der Waals surface area contributed by atoms with E-state index in [0.717, 1.165) is 13.4 Å². The number of carbonyl (C=O) groups excluding carboxylic acids is 1. The first kappa shape index (κ1) is 11.9. The van der Waals surface area contributed by atoms with E-state index in [2.05, 4.69) is 9.72 Å².